The minimum Gasteiger partial charge on any atom is -0.307 e. The Morgan fingerprint density at radius 3 is 1.94 bits per heavy atom. The van der Waals surface area contributed by atoms with Gasteiger partial charge in [-0.05, 0) is 76.4 Å². The van der Waals surface area contributed by atoms with Gasteiger partial charge in [0.2, 0.25) is 0 Å². The molecule has 1 aromatic rings. The van der Waals surface area contributed by atoms with Gasteiger partial charge in [0.1, 0.15) is 6.10 Å². The van der Waals surface area contributed by atoms with E-state index in [0.717, 1.165) is 11.2 Å². The standard InChI is InChI=1S/C21H31NO2PSi.C5H5.Fe/c1-6-26(7-2,8-3)20-16-12-15-19(20)25(23)22(5)17(4)21(24-25)18-13-10-9-11-14-18;1-2-4-5-3-1;/h9-17,21H,6-8H2,1-5H3;1-5H;/q;;+2/t17-,21-,25+;;/m0../s1. The first-order chi connectivity index (χ1) is 14.9. The Kier molecular flexibility index (Phi) is 11.3. The van der Waals surface area contributed by atoms with Gasteiger partial charge in [-0.25, -0.2) is 4.67 Å². The molecule has 3 nitrogen and oxygen atoms in total. The van der Waals surface area contributed by atoms with Gasteiger partial charge in [0.15, 0.2) is 0 Å². The van der Waals surface area contributed by atoms with Crippen molar-refractivity contribution in [3.63, 3.8) is 0 Å². The number of hydrogen-bond donors (Lipinski definition) is 0. The van der Waals surface area contributed by atoms with E-state index in [1.54, 1.807) is 0 Å². The van der Waals surface area contributed by atoms with Crippen molar-refractivity contribution in [3.05, 3.63) is 98.5 Å². The van der Waals surface area contributed by atoms with Crippen LogP contribution in [0.3, 0.4) is 0 Å². The van der Waals surface area contributed by atoms with E-state index in [-0.39, 0.29) is 29.2 Å². The van der Waals surface area contributed by atoms with Crippen LogP contribution in [0.5, 0.6) is 0 Å². The molecule has 4 rings (SSSR count). The summed E-state index contributed by atoms with van der Waals surface area (Å²) in [5, 5.41) is 0. The Morgan fingerprint density at radius 1 is 0.906 bits per heavy atom. The molecule has 2 aliphatic carbocycles. The van der Waals surface area contributed by atoms with E-state index in [9.17, 15) is 4.57 Å². The zero-order chi connectivity index (χ0) is 22.5. The van der Waals surface area contributed by atoms with E-state index < -0.39 is 15.6 Å². The van der Waals surface area contributed by atoms with E-state index in [1.165, 1.54) is 23.7 Å². The van der Waals surface area contributed by atoms with Crippen LogP contribution < -0.4 is 0 Å². The van der Waals surface area contributed by atoms with Crippen molar-refractivity contribution in [1.82, 2.24) is 4.67 Å². The van der Waals surface area contributed by atoms with Gasteiger partial charge >= 0.3 is 17.1 Å². The first kappa shape index (κ1) is 28.3. The third-order valence-corrected chi connectivity index (χ3v) is 15.6. The summed E-state index contributed by atoms with van der Waals surface area (Å²) in [6.07, 6.45) is 16.2. The predicted octanol–water partition coefficient (Wildman–Crippen LogP) is 7.07. The molecule has 172 valence electrons. The molecule has 1 saturated heterocycles. The van der Waals surface area contributed by atoms with Crippen LogP contribution in [0.1, 0.15) is 39.4 Å². The molecule has 3 atom stereocenters. The summed E-state index contributed by atoms with van der Waals surface area (Å²) < 4.78 is 22.5. The Balaban J connectivity index is 0.000000534. The summed E-state index contributed by atoms with van der Waals surface area (Å²) in [4.78, 5) is 0. The van der Waals surface area contributed by atoms with Gasteiger partial charge in [-0.2, -0.15) is 0 Å². The van der Waals surface area contributed by atoms with Crippen molar-refractivity contribution < 1.29 is 26.2 Å². The number of nitrogens with zero attached hydrogens (tertiary/aromatic N) is 1. The maximum atomic E-state index is 14.1. The van der Waals surface area contributed by atoms with Gasteiger partial charge in [-0.1, -0.05) is 69.2 Å². The van der Waals surface area contributed by atoms with Crippen LogP contribution in [0.2, 0.25) is 18.1 Å². The Hall–Kier alpha value is 0.106. The molecule has 32 heavy (non-hydrogen) atoms. The molecular weight excluding hydrogens is 473 g/mol. The molecule has 0 bridgehead atoms. The number of likely N-dealkylation sites (N-methyl/N-ethyl adjacent to an activating group) is 1. The second kappa shape index (κ2) is 12.7. The smallest absolute Gasteiger partial charge is 0.307 e. The normalized spacial score (nSPS) is 29.5. The van der Waals surface area contributed by atoms with Gasteiger partial charge < -0.3 is 4.52 Å². The first-order valence-corrected chi connectivity index (χ1v) is 15.6. The van der Waals surface area contributed by atoms with E-state index in [1.807, 2.05) is 62.0 Å². The van der Waals surface area contributed by atoms with Crippen LogP contribution in [0.4, 0.5) is 0 Å². The molecule has 2 saturated carbocycles. The maximum Gasteiger partial charge on any atom is 2.00 e. The minimum atomic E-state index is -3.05. The second-order valence-electron chi connectivity index (χ2n) is 8.40. The van der Waals surface area contributed by atoms with Crippen molar-refractivity contribution in [2.75, 3.05) is 7.05 Å². The number of hydrogen-bond acceptors (Lipinski definition) is 2. The quantitative estimate of drug-likeness (QED) is 0.304. The average molecular weight is 509 g/mol. The molecular formula is C26H36FeNO2PSi+2. The Labute approximate surface area is 209 Å². The van der Waals surface area contributed by atoms with Gasteiger partial charge in [-0.3, -0.25) is 4.57 Å². The summed E-state index contributed by atoms with van der Waals surface area (Å²) in [5.41, 5.74) is 3.41. The number of benzene rings is 1. The van der Waals surface area contributed by atoms with Crippen LogP contribution in [0.25, 0.3) is 0 Å². The van der Waals surface area contributed by atoms with Crippen molar-refractivity contribution in [2.45, 2.75) is 58.0 Å². The van der Waals surface area contributed by atoms with Crippen molar-refractivity contribution in [3.8, 4) is 0 Å². The van der Waals surface area contributed by atoms with Crippen LogP contribution in [-0.2, 0) is 26.2 Å². The molecule has 3 aliphatic rings. The largest absolute Gasteiger partial charge is 2.00 e. The maximum absolute atomic E-state index is 14.1. The molecule has 1 aromatic carbocycles. The zero-order valence-electron chi connectivity index (χ0n) is 19.8. The third kappa shape index (κ3) is 5.66. The van der Waals surface area contributed by atoms with Gasteiger partial charge in [0.05, 0.1) is 13.7 Å². The first-order valence-electron chi connectivity index (χ1n) is 11.4. The topological polar surface area (TPSA) is 29.5 Å². The molecule has 10 radical (unpaired) electrons. The monoisotopic (exact) mass is 509 g/mol. The summed E-state index contributed by atoms with van der Waals surface area (Å²) in [6.45, 7) is 8.99. The summed E-state index contributed by atoms with van der Waals surface area (Å²) >= 11 is 0. The van der Waals surface area contributed by atoms with E-state index in [2.05, 4.69) is 59.1 Å². The van der Waals surface area contributed by atoms with E-state index >= 15 is 0 Å². The Bertz CT molecular complexity index is 710. The van der Waals surface area contributed by atoms with Crippen molar-refractivity contribution in [1.29, 1.82) is 0 Å². The summed E-state index contributed by atoms with van der Waals surface area (Å²) in [7, 11) is -2.72. The fourth-order valence-electron chi connectivity index (χ4n) is 4.71. The summed E-state index contributed by atoms with van der Waals surface area (Å²) in [6, 6.07) is 13.8. The molecule has 0 N–H and O–H groups in total. The van der Waals surface area contributed by atoms with Gasteiger partial charge in [-0.15, -0.1) is 0 Å². The second-order valence-corrected chi connectivity index (χ2v) is 16.0. The average Bonchev–Trinajstić information content (AvgIpc) is 3.57. The molecule has 0 aromatic heterocycles. The molecule has 0 spiro atoms. The van der Waals surface area contributed by atoms with Crippen LogP contribution >= 0.6 is 7.52 Å². The summed E-state index contributed by atoms with van der Waals surface area (Å²) in [5.74, 6) is 0. The molecule has 1 aliphatic heterocycles. The Morgan fingerprint density at radius 2 is 1.44 bits per heavy atom. The van der Waals surface area contributed by atoms with Crippen LogP contribution in [0, 0.1) is 62.6 Å². The molecule has 6 heteroatoms. The van der Waals surface area contributed by atoms with Crippen LogP contribution in [0.15, 0.2) is 30.3 Å². The molecule has 0 unspecified atom stereocenters. The van der Waals surface area contributed by atoms with E-state index in [0.29, 0.717) is 0 Å². The zero-order valence-corrected chi connectivity index (χ0v) is 22.8. The molecule has 1 heterocycles. The number of rotatable bonds is 6. The molecule has 0 amide bonds. The van der Waals surface area contributed by atoms with Gasteiger partial charge in [0.25, 0.3) is 7.52 Å². The van der Waals surface area contributed by atoms with E-state index in [4.69, 9.17) is 4.52 Å². The predicted molar refractivity (Wildman–Crippen MR) is 133 cm³/mol. The fourth-order valence-corrected chi connectivity index (χ4v) is 12.0. The molecule has 3 fully saturated rings. The van der Waals surface area contributed by atoms with Crippen LogP contribution in [-0.4, -0.2) is 25.8 Å². The fraction of sp³-hybridized carbons (Fsp3) is 0.385. The minimum absolute atomic E-state index is 0. The SMILES string of the molecule is CC[Si](CC)(CC)[C]1[CH][CH][CH][C]1[P@@]1(=O)O[C@H](c2ccccc2)[C@H](C)N1C.[CH]1[CH][CH][CH][CH]1.[Fe+2]. The van der Waals surface area contributed by atoms with Gasteiger partial charge in [0, 0.05) is 6.04 Å². The third-order valence-electron chi connectivity index (χ3n) is 7.08. The van der Waals surface area contributed by atoms with Crippen molar-refractivity contribution in [2.24, 2.45) is 0 Å². The van der Waals surface area contributed by atoms with Crippen molar-refractivity contribution >= 4 is 15.6 Å².